The van der Waals surface area contributed by atoms with Crippen LogP contribution in [0.4, 0.5) is 27.6 Å². The third-order valence-electron chi connectivity index (χ3n) is 7.68. The summed E-state index contributed by atoms with van der Waals surface area (Å²) in [5.41, 5.74) is -1.18. The summed E-state index contributed by atoms with van der Waals surface area (Å²) in [7, 11) is 2.88. The van der Waals surface area contributed by atoms with Crippen LogP contribution >= 0.6 is 0 Å². The highest BCUT2D eigenvalue weighted by molar-refractivity contribution is 6.00. The number of fused-ring (bicyclic) bond motifs is 1. The fourth-order valence-electron chi connectivity index (χ4n) is 5.15. The van der Waals surface area contributed by atoms with Crippen molar-refractivity contribution < 1.29 is 36.6 Å². The van der Waals surface area contributed by atoms with Gasteiger partial charge in [0.15, 0.2) is 0 Å². The molecule has 1 aromatic heterocycles. The van der Waals surface area contributed by atoms with E-state index in [-0.39, 0.29) is 12.0 Å². The van der Waals surface area contributed by atoms with Crippen LogP contribution < -0.4 is 21.9 Å². The Bertz CT molecular complexity index is 1910. The van der Waals surface area contributed by atoms with Crippen LogP contribution in [0.15, 0.2) is 58.1 Å². The van der Waals surface area contributed by atoms with E-state index in [0.717, 1.165) is 4.57 Å². The van der Waals surface area contributed by atoms with E-state index in [1.807, 2.05) is 5.32 Å². The molecule has 0 unspecified atom stereocenters. The number of aliphatic carboxylic acids is 1. The summed E-state index contributed by atoms with van der Waals surface area (Å²) in [4.78, 5) is 50.6. The molecule has 14 heteroatoms. The van der Waals surface area contributed by atoms with E-state index < -0.39 is 70.7 Å². The van der Waals surface area contributed by atoms with Gasteiger partial charge in [0.1, 0.15) is 29.3 Å². The number of nitrogens with one attached hydrogen (secondary N) is 2. The van der Waals surface area contributed by atoms with Crippen molar-refractivity contribution in [1.29, 1.82) is 0 Å². The number of hydrogen-bond donors (Lipinski definition) is 3. The third kappa shape index (κ3) is 6.44. The third-order valence-corrected chi connectivity index (χ3v) is 7.68. The average molecular weight is 633 g/mol. The first-order valence-electron chi connectivity index (χ1n) is 13.7. The summed E-state index contributed by atoms with van der Waals surface area (Å²) in [5.74, 6) is -5.91. The van der Waals surface area contributed by atoms with Gasteiger partial charge in [0.2, 0.25) is 0 Å². The summed E-state index contributed by atoms with van der Waals surface area (Å²) >= 11 is 0. The topological polar surface area (TPSA) is 122 Å². The standard InChI is InChI=1S/C31H29F5N4O5/c1-5-24(31(34,35)36)37-17-13-21(32)26(22(33)14-17)27(41)38-23(29(43)44)12-16-10-11-20(19-9-7-6-8-18(16)19)25-15(2)39(3)30(45)40(4)28(25)42/h6-11,13-14,23-24,37H,5,12H2,1-4H3,(H,38,41)(H,43,44)/t23-,24+/m0/s1. The first-order chi connectivity index (χ1) is 21.1. The molecule has 0 saturated heterocycles. The minimum atomic E-state index is -4.69. The molecule has 238 valence electrons. The molecule has 9 nitrogen and oxygen atoms in total. The average Bonchev–Trinajstić information content (AvgIpc) is 2.97. The summed E-state index contributed by atoms with van der Waals surface area (Å²) in [6, 6.07) is 7.19. The number of nitrogens with zero attached hydrogens (tertiary/aromatic N) is 2. The molecular formula is C31H29F5N4O5. The summed E-state index contributed by atoms with van der Waals surface area (Å²) in [6.45, 7) is 2.85. The van der Waals surface area contributed by atoms with Gasteiger partial charge < -0.3 is 20.3 Å². The van der Waals surface area contributed by atoms with Crippen LogP contribution in [0.1, 0.15) is 35.0 Å². The molecule has 0 aliphatic heterocycles. The zero-order chi connectivity index (χ0) is 33.4. The Balaban J connectivity index is 1.68. The van der Waals surface area contributed by atoms with Crippen LogP contribution in [0.3, 0.4) is 0 Å². The van der Waals surface area contributed by atoms with E-state index in [0.29, 0.717) is 39.7 Å². The Morgan fingerprint density at radius 1 is 0.956 bits per heavy atom. The number of alkyl halides is 3. The monoisotopic (exact) mass is 632 g/mol. The SMILES string of the molecule is CC[C@@H](Nc1cc(F)c(C(=O)N[C@@H](Cc2ccc(-c3c(C)n(C)c(=O)n(C)c3=O)c3ccccc23)C(=O)O)c(F)c1)C(F)(F)F. The molecular weight excluding hydrogens is 603 g/mol. The molecule has 0 fully saturated rings. The predicted octanol–water partition coefficient (Wildman–Crippen LogP) is 4.67. The Labute approximate surface area is 252 Å². The van der Waals surface area contributed by atoms with Gasteiger partial charge in [0, 0.05) is 31.9 Å². The minimum Gasteiger partial charge on any atom is -0.480 e. The first-order valence-corrected chi connectivity index (χ1v) is 13.7. The summed E-state index contributed by atoms with van der Waals surface area (Å²) in [6.07, 6.45) is -5.45. The molecule has 0 saturated carbocycles. The maximum Gasteiger partial charge on any atom is 0.408 e. The molecule has 0 bridgehead atoms. The minimum absolute atomic E-state index is 0.259. The van der Waals surface area contributed by atoms with Gasteiger partial charge in [0.05, 0.1) is 5.56 Å². The number of anilines is 1. The Morgan fingerprint density at radius 3 is 2.11 bits per heavy atom. The molecule has 0 radical (unpaired) electrons. The molecule has 4 rings (SSSR count). The number of carboxylic acid groups (broad SMARTS) is 1. The van der Waals surface area contributed by atoms with Gasteiger partial charge in [-0.15, -0.1) is 0 Å². The lowest BCUT2D eigenvalue weighted by molar-refractivity contribution is -0.143. The lowest BCUT2D eigenvalue weighted by Gasteiger charge is -2.22. The van der Waals surface area contributed by atoms with Crippen molar-refractivity contribution in [2.45, 2.75) is 44.9 Å². The van der Waals surface area contributed by atoms with Gasteiger partial charge in [-0.25, -0.2) is 18.4 Å². The van der Waals surface area contributed by atoms with Crippen LogP contribution in [0, 0.1) is 18.6 Å². The first kappa shape index (κ1) is 32.9. The van der Waals surface area contributed by atoms with E-state index in [1.165, 1.54) is 25.6 Å². The number of rotatable bonds is 9. The molecule has 4 aromatic rings. The molecule has 45 heavy (non-hydrogen) atoms. The zero-order valence-electron chi connectivity index (χ0n) is 24.6. The molecule has 3 N–H and O–H groups in total. The highest BCUT2D eigenvalue weighted by atomic mass is 19.4. The van der Waals surface area contributed by atoms with Crippen LogP contribution in [-0.2, 0) is 25.3 Å². The fourth-order valence-corrected chi connectivity index (χ4v) is 5.15. The normalized spacial score (nSPS) is 13.0. The van der Waals surface area contributed by atoms with Gasteiger partial charge in [-0.1, -0.05) is 43.3 Å². The Hall–Kier alpha value is -5.01. The van der Waals surface area contributed by atoms with Crippen molar-refractivity contribution in [1.82, 2.24) is 14.5 Å². The number of aromatic nitrogens is 2. The molecule has 1 heterocycles. The van der Waals surface area contributed by atoms with Gasteiger partial charge >= 0.3 is 17.8 Å². The predicted molar refractivity (Wildman–Crippen MR) is 157 cm³/mol. The van der Waals surface area contributed by atoms with Gasteiger partial charge in [-0.05, 0) is 47.4 Å². The van der Waals surface area contributed by atoms with E-state index in [4.69, 9.17) is 0 Å². The number of amides is 1. The van der Waals surface area contributed by atoms with E-state index in [1.54, 1.807) is 43.3 Å². The molecule has 1 amide bonds. The molecule has 3 aromatic carbocycles. The van der Waals surface area contributed by atoms with Crippen LogP contribution in [-0.4, -0.2) is 44.4 Å². The number of benzene rings is 3. The number of carbonyl (C=O) groups is 2. The number of hydrogen-bond acceptors (Lipinski definition) is 5. The second kappa shape index (κ2) is 12.5. The maximum atomic E-state index is 14.8. The number of carbonyl (C=O) groups excluding carboxylic acids is 1. The molecule has 0 spiro atoms. The smallest absolute Gasteiger partial charge is 0.408 e. The van der Waals surface area contributed by atoms with Crippen LogP contribution in [0.25, 0.3) is 21.9 Å². The highest BCUT2D eigenvalue weighted by Crippen LogP contribution is 2.32. The van der Waals surface area contributed by atoms with Crippen molar-refractivity contribution in [2.75, 3.05) is 5.32 Å². The molecule has 2 atom stereocenters. The number of halogens is 5. The Kier molecular flexibility index (Phi) is 9.17. The quantitative estimate of drug-likeness (QED) is 0.231. The number of carboxylic acids is 1. The lowest BCUT2D eigenvalue weighted by Crippen LogP contribution is -2.43. The Morgan fingerprint density at radius 2 is 1.56 bits per heavy atom. The van der Waals surface area contributed by atoms with Gasteiger partial charge in [0.25, 0.3) is 11.5 Å². The van der Waals surface area contributed by atoms with Crippen molar-refractivity contribution in [3.63, 3.8) is 0 Å². The largest absolute Gasteiger partial charge is 0.480 e. The fraction of sp³-hybridized carbons (Fsp3) is 0.290. The van der Waals surface area contributed by atoms with Crippen molar-refractivity contribution in [3.8, 4) is 11.1 Å². The summed E-state index contributed by atoms with van der Waals surface area (Å²) < 4.78 is 71.3. The van der Waals surface area contributed by atoms with Crippen molar-refractivity contribution >= 4 is 28.3 Å². The van der Waals surface area contributed by atoms with Gasteiger partial charge in [-0.2, -0.15) is 13.2 Å². The maximum absolute atomic E-state index is 14.8. The lowest BCUT2D eigenvalue weighted by atomic mass is 9.92. The zero-order valence-corrected chi connectivity index (χ0v) is 24.6. The van der Waals surface area contributed by atoms with E-state index >= 15 is 0 Å². The summed E-state index contributed by atoms with van der Waals surface area (Å²) in [5, 5.41) is 15.0. The highest BCUT2D eigenvalue weighted by Gasteiger charge is 2.38. The second-order valence-corrected chi connectivity index (χ2v) is 10.5. The second-order valence-electron chi connectivity index (χ2n) is 10.5. The van der Waals surface area contributed by atoms with Crippen LogP contribution in [0.5, 0.6) is 0 Å². The molecule has 0 aliphatic carbocycles. The van der Waals surface area contributed by atoms with Gasteiger partial charge in [-0.3, -0.25) is 14.2 Å². The van der Waals surface area contributed by atoms with E-state index in [9.17, 15) is 46.2 Å². The van der Waals surface area contributed by atoms with Crippen molar-refractivity contribution in [2.24, 2.45) is 14.1 Å². The van der Waals surface area contributed by atoms with Crippen LogP contribution in [0.2, 0.25) is 0 Å². The van der Waals surface area contributed by atoms with Crippen molar-refractivity contribution in [3.05, 3.63) is 97.8 Å². The molecule has 0 aliphatic rings. The van der Waals surface area contributed by atoms with E-state index in [2.05, 4.69) is 5.32 Å².